The van der Waals surface area contributed by atoms with Crippen LogP contribution in [0.15, 0.2) is 58.7 Å². The molecular formula is C27H31N3O5S. The summed E-state index contributed by atoms with van der Waals surface area (Å²) in [6.45, 7) is 5.04. The van der Waals surface area contributed by atoms with Gasteiger partial charge in [-0.05, 0) is 43.7 Å². The maximum atomic E-state index is 13.1. The Morgan fingerprint density at radius 3 is 2.53 bits per heavy atom. The summed E-state index contributed by atoms with van der Waals surface area (Å²) in [6.07, 6.45) is -0.693. The number of hydrogen-bond donors (Lipinski definition) is 2. The fraction of sp³-hybridized carbons (Fsp3) is 0.333. The molecule has 0 aliphatic carbocycles. The van der Waals surface area contributed by atoms with Gasteiger partial charge >= 0.3 is 0 Å². The summed E-state index contributed by atoms with van der Waals surface area (Å²) in [6, 6.07) is 15.1. The van der Waals surface area contributed by atoms with E-state index >= 15 is 0 Å². The molecule has 0 fully saturated rings. The fourth-order valence-corrected chi connectivity index (χ4v) is 4.93. The average Bonchev–Trinajstić information content (AvgIpc) is 3.32. The van der Waals surface area contributed by atoms with E-state index in [0.29, 0.717) is 46.4 Å². The summed E-state index contributed by atoms with van der Waals surface area (Å²) in [4.78, 5) is 23.5. The van der Waals surface area contributed by atoms with Gasteiger partial charge in [0, 0.05) is 23.5 Å². The van der Waals surface area contributed by atoms with Gasteiger partial charge in [0.25, 0.3) is 5.56 Å². The third-order valence-electron chi connectivity index (χ3n) is 5.90. The highest BCUT2D eigenvalue weighted by Gasteiger charge is 2.19. The zero-order valence-electron chi connectivity index (χ0n) is 20.9. The minimum absolute atomic E-state index is 0.128. The van der Waals surface area contributed by atoms with Gasteiger partial charge in [0.2, 0.25) is 0 Å². The average molecular weight is 510 g/mol. The quantitative estimate of drug-likeness (QED) is 0.311. The molecule has 0 saturated carbocycles. The maximum Gasteiger partial charge on any atom is 0.260 e. The Bertz CT molecular complexity index is 1350. The van der Waals surface area contributed by atoms with Gasteiger partial charge in [-0.3, -0.25) is 9.69 Å². The second kappa shape index (κ2) is 11.6. The number of H-pyrrole nitrogens is 1. The number of hydrogen-bond acceptors (Lipinski definition) is 8. The van der Waals surface area contributed by atoms with Crippen molar-refractivity contribution in [1.82, 2.24) is 14.9 Å². The van der Waals surface area contributed by atoms with Gasteiger partial charge in [-0.15, -0.1) is 11.3 Å². The summed E-state index contributed by atoms with van der Waals surface area (Å²) in [5, 5.41) is 13.0. The molecular weight excluding hydrogens is 478 g/mol. The van der Waals surface area contributed by atoms with Crippen LogP contribution in [0, 0.1) is 0 Å². The third kappa shape index (κ3) is 5.87. The number of benzene rings is 2. The molecule has 0 aliphatic heterocycles. The molecule has 0 unspecified atom stereocenters. The van der Waals surface area contributed by atoms with Crippen molar-refractivity contribution in [2.75, 3.05) is 27.4 Å². The van der Waals surface area contributed by atoms with E-state index < -0.39 is 6.10 Å². The number of nitrogens with zero attached hydrogens (tertiary/aromatic N) is 2. The number of para-hydroxylation sites is 1. The second-order valence-electron chi connectivity index (χ2n) is 8.71. The summed E-state index contributed by atoms with van der Waals surface area (Å²) in [5.74, 6) is 2.49. The van der Waals surface area contributed by atoms with E-state index in [9.17, 15) is 9.90 Å². The number of aliphatic hydroxyl groups is 1. The third-order valence-corrected chi connectivity index (χ3v) is 6.77. The van der Waals surface area contributed by atoms with E-state index in [2.05, 4.69) is 9.88 Å². The first-order valence-electron chi connectivity index (χ1n) is 11.7. The number of nitrogens with one attached hydrogen (secondary N) is 1. The first-order valence-corrected chi connectivity index (χ1v) is 12.6. The molecule has 2 heterocycles. The van der Waals surface area contributed by atoms with E-state index in [1.165, 1.54) is 11.3 Å². The van der Waals surface area contributed by atoms with Crippen LogP contribution in [0.25, 0.3) is 21.3 Å². The normalized spacial score (nSPS) is 12.3. The van der Waals surface area contributed by atoms with Crippen LogP contribution in [0.3, 0.4) is 0 Å². The largest absolute Gasteiger partial charge is 0.493 e. The number of aromatic nitrogens is 2. The molecule has 190 valence electrons. The summed E-state index contributed by atoms with van der Waals surface area (Å²) < 4.78 is 16.4. The lowest BCUT2D eigenvalue weighted by Crippen LogP contribution is -2.40. The highest BCUT2D eigenvalue weighted by molar-refractivity contribution is 7.17. The van der Waals surface area contributed by atoms with Crippen molar-refractivity contribution < 1.29 is 19.3 Å². The molecule has 2 aromatic heterocycles. The summed E-state index contributed by atoms with van der Waals surface area (Å²) in [5.41, 5.74) is 1.45. The van der Waals surface area contributed by atoms with Crippen LogP contribution in [0.4, 0.5) is 0 Å². The lowest BCUT2D eigenvalue weighted by atomic mass is 10.1. The first kappa shape index (κ1) is 25.7. The van der Waals surface area contributed by atoms with Crippen molar-refractivity contribution in [3.05, 3.63) is 70.1 Å². The molecule has 0 bridgehead atoms. The predicted molar refractivity (Wildman–Crippen MR) is 142 cm³/mol. The van der Waals surface area contributed by atoms with Gasteiger partial charge < -0.3 is 24.3 Å². The van der Waals surface area contributed by atoms with Crippen LogP contribution >= 0.6 is 11.3 Å². The van der Waals surface area contributed by atoms with Crippen LogP contribution in [0.5, 0.6) is 17.2 Å². The highest BCUT2D eigenvalue weighted by atomic mass is 32.1. The lowest BCUT2D eigenvalue weighted by molar-refractivity contribution is 0.0533. The lowest BCUT2D eigenvalue weighted by Gasteiger charge is -2.28. The summed E-state index contributed by atoms with van der Waals surface area (Å²) >= 11 is 1.42. The topological polar surface area (TPSA) is 96.9 Å². The van der Waals surface area contributed by atoms with Crippen molar-refractivity contribution in [1.29, 1.82) is 0 Å². The summed E-state index contributed by atoms with van der Waals surface area (Å²) in [7, 11) is 3.17. The van der Waals surface area contributed by atoms with Gasteiger partial charge in [-0.25, -0.2) is 4.98 Å². The smallest absolute Gasteiger partial charge is 0.260 e. The van der Waals surface area contributed by atoms with Gasteiger partial charge in [0.05, 0.1) is 26.2 Å². The standard InChI is InChI=1S/C27H31N3O5S/c1-17(2)30(13-19(31)15-35-20-8-6-5-7-9-20)14-24-28-26(32)25-21(16-36-27(25)29-24)18-10-11-22(33-3)23(12-18)34-4/h5-12,16-17,19,31H,13-15H2,1-4H3,(H,28,29,32)/t19-/m1/s1. The Kier molecular flexibility index (Phi) is 8.25. The van der Waals surface area contributed by atoms with Crippen LogP contribution in [-0.4, -0.2) is 59.5 Å². The fourth-order valence-electron chi connectivity index (χ4n) is 3.97. The zero-order valence-corrected chi connectivity index (χ0v) is 21.7. The Hall–Kier alpha value is -3.40. The molecule has 36 heavy (non-hydrogen) atoms. The Morgan fingerprint density at radius 2 is 1.83 bits per heavy atom. The minimum Gasteiger partial charge on any atom is -0.493 e. The molecule has 0 radical (unpaired) electrons. The molecule has 0 saturated heterocycles. The van der Waals surface area contributed by atoms with E-state index in [1.807, 2.05) is 67.8 Å². The van der Waals surface area contributed by atoms with Crippen LogP contribution < -0.4 is 19.8 Å². The van der Waals surface area contributed by atoms with Crippen molar-refractivity contribution in [2.24, 2.45) is 0 Å². The van der Waals surface area contributed by atoms with Crippen molar-refractivity contribution in [2.45, 2.75) is 32.5 Å². The maximum absolute atomic E-state index is 13.1. The molecule has 0 amide bonds. The van der Waals surface area contributed by atoms with E-state index in [0.717, 1.165) is 11.1 Å². The van der Waals surface area contributed by atoms with Crippen molar-refractivity contribution in [3.63, 3.8) is 0 Å². The van der Waals surface area contributed by atoms with Gasteiger partial charge in [-0.2, -0.15) is 0 Å². The predicted octanol–water partition coefficient (Wildman–Crippen LogP) is 4.32. The highest BCUT2D eigenvalue weighted by Crippen LogP contribution is 2.36. The van der Waals surface area contributed by atoms with E-state index in [-0.39, 0.29) is 18.2 Å². The molecule has 4 rings (SSSR count). The monoisotopic (exact) mass is 509 g/mol. The van der Waals surface area contributed by atoms with Gasteiger partial charge in [-0.1, -0.05) is 24.3 Å². The number of fused-ring (bicyclic) bond motifs is 1. The second-order valence-corrected chi connectivity index (χ2v) is 9.57. The van der Waals surface area contributed by atoms with Gasteiger partial charge in [0.1, 0.15) is 29.1 Å². The Morgan fingerprint density at radius 1 is 1.08 bits per heavy atom. The van der Waals surface area contributed by atoms with Crippen molar-refractivity contribution >= 4 is 21.6 Å². The number of methoxy groups -OCH3 is 2. The van der Waals surface area contributed by atoms with Crippen LogP contribution in [0.1, 0.15) is 19.7 Å². The molecule has 0 spiro atoms. The van der Waals surface area contributed by atoms with Crippen LogP contribution in [0.2, 0.25) is 0 Å². The minimum atomic E-state index is -0.693. The molecule has 2 aromatic carbocycles. The van der Waals surface area contributed by atoms with E-state index in [4.69, 9.17) is 19.2 Å². The number of thiophene rings is 1. The van der Waals surface area contributed by atoms with E-state index in [1.54, 1.807) is 14.2 Å². The van der Waals surface area contributed by atoms with Gasteiger partial charge in [0.15, 0.2) is 11.5 Å². The Labute approximate surface area is 214 Å². The van der Waals surface area contributed by atoms with Crippen LogP contribution in [-0.2, 0) is 6.54 Å². The SMILES string of the molecule is COc1ccc(-c2csc3nc(CN(C[C@@H](O)COc4ccccc4)C(C)C)[nH]c(=O)c23)cc1OC. The molecule has 0 aliphatic rings. The Balaban J connectivity index is 1.52. The molecule has 9 heteroatoms. The number of rotatable bonds is 11. The zero-order chi connectivity index (χ0) is 25.7. The molecule has 1 atom stereocenters. The molecule has 8 nitrogen and oxygen atoms in total. The van der Waals surface area contributed by atoms with Crippen molar-refractivity contribution in [3.8, 4) is 28.4 Å². The molecule has 2 N–H and O–H groups in total. The number of aliphatic hydroxyl groups excluding tert-OH is 1. The number of aromatic amines is 1. The first-order chi connectivity index (χ1) is 17.4. The molecule has 4 aromatic rings. The number of ether oxygens (including phenoxy) is 3.